The monoisotopic (exact) mass is 332 g/mol. The molecule has 0 saturated heterocycles. The van der Waals surface area contributed by atoms with E-state index in [1.807, 2.05) is 12.1 Å². The normalized spacial score (nSPS) is 14.8. The lowest BCUT2D eigenvalue weighted by atomic mass is 9.94. The Morgan fingerprint density at radius 3 is 2.69 bits per heavy atom. The maximum atomic E-state index is 10.2. The highest BCUT2D eigenvalue weighted by atomic mass is 127. The minimum absolute atomic E-state index is 0.312. The summed E-state index contributed by atoms with van der Waals surface area (Å²) < 4.78 is 1.20. The second kappa shape index (κ2) is 6.60. The van der Waals surface area contributed by atoms with E-state index in [0.29, 0.717) is 5.92 Å². The summed E-state index contributed by atoms with van der Waals surface area (Å²) in [6.45, 7) is 6.50. The summed E-state index contributed by atoms with van der Waals surface area (Å²) >= 11 is 2.33. The average molecular weight is 332 g/mol. The smallest absolute Gasteiger partial charge is 0.0802 e. The predicted octanol–water partition coefficient (Wildman–Crippen LogP) is 4.46. The van der Waals surface area contributed by atoms with E-state index in [1.165, 1.54) is 22.0 Å². The van der Waals surface area contributed by atoms with Gasteiger partial charge in [-0.1, -0.05) is 44.9 Å². The van der Waals surface area contributed by atoms with Gasteiger partial charge in [-0.05, 0) is 53.0 Å². The number of benzene rings is 1. The standard InChI is InChI=1S/C14H21IO/c1-4-6-10(2)9-13(16)12-8-5-7-11(3)14(12)15/h5,7-8,10,13,16H,4,6,9H2,1-3H3. The fourth-order valence-electron chi connectivity index (χ4n) is 2.05. The molecular formula is C14H21IO. The van der Waals surface area contributed by atoms with Crippen LogP contribution in [0.1, 0.15) is 50.3 Å². The van der Waals surface area contributed by atoms with Crippen molar-refractivity contribution in [1.29, 1.82) is 0 Å². The van der Waals surface area contributed by atoms with Gasteiger partial charge in [0.1, 0.15) is 0 Å². The Morgan fingerprint density at radius 1 is 1.38 bits per heavy atom. The summed E-state index contributed by atoms with van der Waals surface area (Å²) in [5, 5.41) is 10.2. The first kappa shape index (κ1) is 14.0. The molecule has 0 fully saturated rings. The molecule has 1 nitrogen and oxygen atoms in total. The van der Waals surface area contributed by atoms with Crippen LogP contribution in [0, 0.1) is 16.4 Å². The van der Waals surface area contributed by atoms with Crippen molar-refractivity contribution in [3.63, 3.8) is 0 Å². The number of aryl methyl sites for hydroxylation is 1. The first-order valence-corrected chi connectivity index (χ1v) is 7.07. The Labute approximate surface area is 112 Å². The summed E-state index contributed by atoms with van der Waals surface area (Å²) in [5.41, 5.74) is 2.34. The second-order valence-electron chi connectivity index (χ2n) is 4.62. The highest BCUT2D eigenvalue weighted by molar-refractivity contribution is 14.1. The molecule has 1 aromatic carbocycles. The molecule has 0 spiro atoms. The molecule has 0 saturated carbocycles. The molecule has 0 heterocycles. The van der Waals surface area contributed by atoms with Crippen molar-refractivity contribution in [2.24, 2.45) is 5.92 Å². The van der Waals surface area contributed by atoms with E-state index in [2.05, 4.69) is 49.4 Å². The Hall–Kier alpha value is -0.0900. The topological polar surface area (TPSA) is 20.2 Å². The molecule has 0 bridgehead atoms. The summed E-state index contributed by atoms with van der Waals surface area (Å²) in [4.78, 5) is 0. The molecule has 0 amide bonds. The van der Waals surface area contributed by atoms with Crippen molar-refractivity contribution < 1.29 is 5.11 Å². The van der Waals surface area contributed by atoms with Gasteiger partial charge in [0.05, 0.1) is 6.10 Å². The summed E-state index contributed by atoms with van der Waals surface area (Å²) in [5.74, 6) is 0.594. The molecule has 2 atom stereocenters. The first-order valence-electron chi connectivity index (χ1n) is 5.99. The van der Waals surface area contributed by atoms with Crippen LogP contribution in [0.3, 0.4) is 0 Å². The molecular weight excluding hydrogens is 311 g/mol. The Morgan fingerprint density at radius 2 is 2.06 bits per heavy atom. The largest absolute Gasteiger partial charge is 0.388 e. The summed E-state index contributed by atoms with van der Waals surface area (Å²) in [6.07, 6.45) is 2.94. The van der Waals surface area contributed by atoms with Gasteiger partial charge in [-0.2, -0.15) is 0 Å². The van der Waals surface area contributed by atoms with Gasteiger partial charge in [0, 0.05) is 3.57 Å². The third kappa shape index (κ3) is 3.74. The highest BCUT2D eigenvalue weighted by Crippen LogP contribution is 2.28. The number of aliphatic hydroxyl groups excluding tert-OH is 1. The van der Waals surface area contributed by atoms with Crippen LogP contribution in [0.15, 0.2) is 18.2 Å². The summed E-state index contributed by atoms with van der Waals surface area (Å²) in [7, 11) is 0. The number of rotatable bonds is 5. The van der Waals surface area contributed by atoms with Gasteiger partial charge >= 0.3 is 0 Å². The Bertz CT molecular complexity index is 336. The van der Waals surface area contributed by atoms with Crippen LogP contribution >= 0.6 is 22.6 Å². The van der Waals surface area contributed by atoms with E-state index in [1.54, 1.807) is 0 Å². The van der Waals surface area contributed by atoms with Crippen LogP contribution in [0.2, 0.25) is 0 Å². The molecule has 1 aromatic rings. The number of aliphatic hydroxyl groups is 1. The van der Waals surface area contributed by atoms with Crippen molar-refractivity contribution >= 4 is 22.6 Å². The predicted molar refractivity (Wildman–Crippen MR) is 77.5 cm³/mol. The molecule has 0 aliphatic rings. The van der Waals surface area contributed by atoms with E-state index in [9.17, 15) is 5.11 Å². The Balaban J connectivity index is 2.72. The molecule has 0 aliphatic heterocycles. The zero-order valence-corrected chi connectivity index (χ0v) is 12.5. The molecule has 90 valence electrons. The van der Waals surface area contributed by atoms with Gasteiger partial charge in [-0.15, -0.1) is 0 Å². The molecule has 2 heteroatoms. The van der Waals surface area contributed by atoms with Crippen molar-refractivity contribution in [1.82, 2.24) is 0 Å². The Kier molecular flexibility index (Phi) is 5.76. The van der Waals surface area contributed by atoms with E-state index < -0.39 is 0 Å². The lowest BCUT2D eigenvalue weighted by Crippen LogP contribution is -2.06. The number of hydrogen-bond acceptors (Lipinski definition) is 1. The van der Waals surface area contributed by atoms with Crippen molar-refractivity contribution in [3.8, 4) is 0 Å². The first-order chi connectivity index (χ1) is 7.56. The van der Waals surface area contributed by atoms with Gasteiger partial charge in [-0.25, -0.2) is 0 Å². The van der Waals surface area contributed by atoms with Crippen LogP contribution in [0.25, 0.3) is 0 Å². The maximum Gasteiger partial charge on any atom is 0.0802 e. The van der Waals surface area contributed by atoms with Gasteiger partial charge < -0.3 is 5.11 Å². The fourth-order valence-corrected chi connectivity index (χ4v) is 2.77. The van der Waals surface area contributed by atoms with Gasteiger partial charge in [0.15, 0.2) is 0 Å². The fraction of sp³-hybridized carbons (Fsp3) is 0.571. The zero-order valence-electron chi connectivity index (χ0n) is 10.3. The lowest BCUT2D eigenvalue weighted by molar-refractivity contribution is 0.144. The highest BCUT2D eigenvalue weighted by Gasteiger charge is 2.15. The van der Waals surface area contributed by atoms with Crippen molar-refractivity contribution in [3.05, 3.63) is 32.9 Å². The quantitative estimate of drug-likeness (QED) is 0.790. The van der Waals surface area contributed by atoms with Gasteiger partial charge in [0.2, 0.25) is 0 Å². The van der Waals surface area contributed by atoms with Crippen LogP contribution in [-0.4, -0.2) is 5.11 Å². The third-order valence-corrected chi connectivity index (χ3v) is 4.46. The number of halogens is 1. The molecule has 16 heavy (non-hydrogen) atoms. The van der Waals surface area contributed by atoms with Crippen LogP contribution in [0.5, 0.6) is 0 Å². The molecule has 0 radical (unpaired) electrons. The van der Waals surface area contributed by atoms with Crippen molar-refractivity contribution in [2.45, 2.75) is 46.1 Å². The zero-order chi connectivity index (χ0) is 12.1. The molecule has 1 rings (SSSR count). The van der Waals surface area contributed by atoms with Crippen LogP contribution in [-0.2, 0) is 0 Å². The maximum absolute atomic E-state index is 10.2. The van der Waals surface area contributed by atoms with Crippen LogP contribution in [0.4, 0.5) is 0 Å². The second-order valence-corrected chi connectivity index (χ2v) is 5.70. The summed E-state index contributed by atoms with van der Waals surface area (Å²) in [6, 6.07) is 6.16. The molecule has 1 N–H and O–H groups in total. The van der Waals surface area contributed by atoms with E-state index >= 15 is 0 Å². The molecule has 2 unspecified atom stereocenters. The minimum atomic E-state index is -0.312. The third-order valence-electron chi connectivity index (χ3n) is 2.99. The van der Waals surface area contributed by atoms with Crippen molar-refractivity contribution in [2.75, 3.05) is 0 Å². The minimum Gasteiger partial charge on any atom is -0.388 e. The van der Waals surface area contributed by atoms with Gasteiger partial charge in [-0.3, -0.25) is 0 Å². The molecule has 0 aromatic heterocycles. The average Bonchev–Trinajstić information content (AvgIpc) is 2.22. The molecule has 0 aliphatic carbocycles. The van der Waals surface area contributed by atoms with E-state index in [0.717, 1.165) is 12.0 Å². The van der Waals surface area contributed by atoms with Gasteiger partial charge in [0.25, 0.3) is 0 Å². The van der Waals surface area contributed by atoms with E-state index in [-0.39, 0.29) is 6.10 Å². The van der Waals surface area contributed by atoms with E-state index in [4.69, 9.17) is 0 Å². The lowest BCUT2D eigenvalue weighted by Gasteiger charge is -2.18. The SMILES string of the molecule is CCCC(C)CC(O)c1cccc(C)c1I. The number of hydrogen-bond donors (Lipinski definition) is 1. The van der Waals surface area contributed by atoms with Crippen LogP contribution < -0.4 is 0 Å².